The Hall–Kier alpha value is -6.88. The number of sulfone groups is 1. The summed E-state index contributed by atoms with van der Waals surface area (Å²) in [6, 6.07) is 23.8. The summed E-state index contributed by atoms with van der Waals surface area (Å²) in [5.41, 5.74) is 2.83. The number of aromatic nitrogens is 4. The van der Waals surface area contributed by atoms with Gasteiger partial charge in [0.1, 0.15) is 12.5 Å². The van der Waals surface area contributed by atoms with E-state index in [1.165, 1.54) is 27.7 Å². The molecule has 6 aromatic rings. The lowest BCUT2D eigenvalue weighted by Gasteiger charge is -2.28. The number of rotatable bonds is 16. The van der Waals surface area contributed by atoms with Crippen LogP contribution in [-0.4, -0.2) is 78.3 Å². The second kappa shape index (κ2) is 17.5. The van der Waals surface area contributed by atoms with E-state index < -0.39 is 43.5 Å². The minimum atomic E-state index is -4.04. The number of fused-ring (bicyclic) bond motifs is 1. The Bertz CT molecular complexity index is 2490. The van der Waals surface area contributed by atoms with Gasteiger partial charge in [-0.25, -0.2) is 28.3 Å². The molecule has 0 aliphatic carbocycles. The summed E-state index contributed by atoms with van der Waals surface area (Å²) in [5.74, 6) is -0.984. The fraction of sp³-hybridized carbons (Fsp3) is 0.244. The molecule has 2 amide bonds. The van der Waals surface area contributed by atoms with E-state index >= 15 is 0 Å². The Morgan fingerprint density at radius 3 is 2.02 bits per heavy atom. The summed E-state index contributed by atoms with van der Waals surface area (Å²) in [5, 5.41) is 10.9. The number of anilines is 2. The van der Waals surface area contributed by atoms with E-state index in [2.05, 4.69) is 15.0 Å². The van der Waals surface area contributed by atoms with Gasteiger partial charge in [0, 0.05) is 53.8 Å². The molecule has 0 aliphatic rings. The predicted octanol–water partition coefficient (Wildman–Crippen LogP) is 6.59. The first-order chi connectivity index (χ1) is 27.9. The number of aryl methyl sites for hydroxylation is 1. The second-order valence-electron chi connectivity index (χ2n) is 13.1. The van der Waals surface area contributed by atoms with Gasteiger partial charge in [-0.1, -0.05) is 49.4 Å². The quantitative estimate of drug-likeness (QED) is 0.0579. The Balaban J connectivity index is 1.47. The van der Waals surface area contributed by atoms with Gasteiger partial charge in [-0.3, -0.25) is 9.59 Å². The van der Waals surface area contributed by atoms with Crippen molar-refractivity contribution in [1.82, 2.24) is 19.5 Å². The van der Waals surface area contributed by atoms with Crippen LogP contribution in [0, 0.1) is 17.0 Å². The number of benzene rings is 4. The summed E-state index contributed by atoms with van der Waals surface area (Å²) in [7, 11) is 0.364. The van der Waals surface area contributed by atoms with Crippen LogP contribution in [0.5, 0.6) is 17.2 Å². The van der Waals surface area contributed by atoms with Crippen LogP contribution < -0.4 is 24.0 Å². The number of ether oxygens (including phenoxy) is 3. The first-order valence-electron chi connectivity index (χ1n) is 18.1. The van der Waals surface area contributed by atoms with Gasteiger partial charge < -0.3 is 29.2 Å². The molecule has 6 rings (SSSR count). The number of nitro groups is 1. The maximum atomic E-state index is 14.2. The highest BCUT2D eigenvalue weighted by Crippen LogP contribution is 2.42. The zero-order valence-corrected chi connectivity index (χ0v) is 33.3. The smallest absolute Gasteiger partial charge is 0.343 e. The molecule has 0 aliphatic heterocycles. The maximum Gasteiger partial charge on any atom is 0.343 e. The lowest BCUT2D eigenvalue weighted by atomic mass is 10.0. The van der Waals surface area contributed by atoms with E-state index in [9.17, 15) is 28.1 Å². The van der Waals surface area contributed by atoms with Gasteiger partial charge in [0.2, 0.25) is 11.1 Å². The SMILES string of the molecule is CCC(n1cncc1[N+](=O)[O-])S(=O)(=O)CCN(Cc1ccc2ncnc(N(C(=O)c3ccccc3)C(=O)c3ccccc3)c2c1C)c1cc(OC)c(OC)c(OC)c1. The van der Waals surface area contributed by atoms with Gasteiger partial charge in [-0.15, -0.1) is 0 Å². The molecule has 2 aromatic heterocycles. The topological polar surface area (TPSA) is 189 Å². The van der Waals surface area contributed by atoms with Gasteiger partial charge in [0.05, 0.1) is 32.6 Å². The molecule has 4 aromatic carbocycles. The van der Waals surface area contributed by atoms with Gasteiger partial charge >= 0.3 is 5.82 Å². The molecule has 2 heterocycles. The molecule has 0 saturated heterocycles. The van der Waals surface area contributed by atoms with Crippen LogP contribution in [0.25, 0.3) is 10.9 Å². The average Bonchev–Trinajstić information content (AvgIpc) is 3.73. The fourth-order valence-corrected chi connectivity index (χ4v) is 8.56. The molecule has 0 bridgehead atoms. The number of imidazole rings is 1. The Kier molecular flexibility index (Phi) is 12.3. The van der Waals surface area contributed by atoms with Gasteiger partial charge in [0.25, 0.3) is 11.8 Å². The van der Waals surface area contributed by atoms with Crippen molar-refractivity contribution in [3.05, 3.63) is 136 Å². The molecule has 300 valence electrons. The summed E-state index contributed by atoms with van der Waals surface area (Å²) < 4.78 is 46.0. The summed E-state index contributed by atoms with van der Waals surface area (Å²) in [4.78, 5) is 55.2. The highest BCUT2D eigenvalue weighted by molar-refractivity contribution is 7.91. The first-order valence-corrected chi connectivity index (χ1v) is 19.8. The number of carbonyl (C=O) groups is 2. The summed E-state index contributed by atoms with van der Waals surface area (Å²) >= 11 is 0. The normalized spacial score (nSPS) is 11.8. The molecule has 0 N–H and O–H groups in total. The van der Waals surface area contributed by atoms with Crippen molar-refractivity contribution in [3.63, 3.8) is 0 Å². The lowest BCUT2D eigenvalue weighted by Crippen LogP contribution is -2.38. The van der Waals surface area contributed by atoms with Crippen molar-refractivity contribution in [2.24, 2.45) is 0 Å². The largest absolute Gasteiger partial charge is 0.493 e. The average molecular weight is 808 g/mol. The fourth-order valence-electron chi connectivity index (χ4n) is 6.80. The molecule has 0 fully saturated rings. The van der Waals surface area contributed by atoms with E-state index in [1.54, 1.807) is 90.7 Å². The third-order valence-electron chi connectivity index (χ3n) is 9.74. The zero-order chi connectivity index (χ0) is 41.6. The maximum absolute atomic E-state index is 14.2. The van der Waals surface area contributed by atoms with Crippen LogP contribution in [0.15, 0.2) is 104 Å². The summed E-state index contributed by atoms with van der Waals surface area (Å²) in [6.45, 7) is 3.47. The highest BCUT2D eigenvalue weighted by atomic mass is 32.2. The minimum absolute atomic E-state index is 0.0518. The van der Waals surface area contributed by atoms with E-state index in [1.807, 2.05) is 13.0 Å². The molecule has 1 unspecified atom stereocenters. The zero-order valence-electron chi connectivity index (χ0n) is 32.4. The third kappa shape index (κ3) is 8.15. The van der Waals surface area contributed by atoms with Crippen molar-refractivity contribution in [1.29, 1.82) is 0 Å². The van der Waals surface area contributed by atoms with Crippen LogP contribution in [0.2, 0.25) is 0 Å². The second-order valence-corrected chi connectivity index (χ2v) is 15.3. The number of nitrogens with zero attached hydrogens (tertiary/aromatic N) is 7. The molecule has 0 saturated carbocycles. The van der Waals surface area contributed by atoms with E-state index in [0.717, 1.165) is 22.0 Å². The van der Waals surface area contributed by atoms with Crippen molar-refractivity contribution in [3.8, 4) is 17.2 Å². The monoisotopic (exact) mass is 807 g/mol. The van der Waals surface area contributed by atoms with Crippen LogP contribution in [0.1, 0.15) is 50.6 Å². The third-order valence-corrected chi connectivity index (χ3v) is 11.9. The highest BCUT2D eigenvalue weighted by Gasteiger charge is 2.34. The molecule has 0 spiro atoms. The Morgan fingerprint density at radius 1 is 0.879 bits per heavy atom. The number of methoxy groups -OCH3 is 3. The van der Waals surface area contributed by atoms with Crippen LogP contribution in [-0.2, 0) is 16.4 Å². The standard InChI is InChI=1S/C41H41N7O9S/c1-6-36(46-26-42-23-35(46)48(51)52)58(53,54)20-19-45(31-21-33(55-3)38(57-5)34(22-31)56-4)24-30-17-18-32-37(27(30)2)39(44-25-43-32)47(40(49)28-13-9-7-10-14-28)41(50)29-15-11-8-12-16-29/h7-18,21-23,25-26,36H,6,19-20,24H2,1-5H3. The van der Waals surface area contributed by atoms with Gasteiger partial charge in [-0.05, 0) is 53.3 Å². The number of hydrogen-bond donors (Lipinski definition) is 0. The molecular weight excluding hydrogens is 767 g/mol. The van der Waals surface area contributed by atoms with Crippen LogP contribution in [0.4, 0.5) is 17.3 Å². The van der Waals surface area contributed by atoms with Crippen LogP contribution >= 0.6 is 0 Å². The molecular formula is C41H41N7O9S. The van der Waals surface area contributed by atoms with Gasteiger partial charge in [-0.2, -0.15) is 4.57 Å². The Morgan fingerprint density at radius 2 is 1.48 bits per heavy atom. The number of amides is 2. The van der Waals surface area contributed by atoms with E-state index in [0.29, 0.717) is 45.0 Å². The molecule has 16 nitrogen and oxygen atoms in total. The van der Waals surface area contributed by atoms with Crippen molar-refractivity contribution in [2.45, 2.75) is 32.2 Å². The number of imide groups is 1. The summed E-state index contributed by atoms with van der Waals surface area (Å²) in [6.07, 6.45) is 3.51. The first kappa shape index (κ1) is 40.8. The van der Waals surface area contributed by atoms with Crippen molar-refractivity contribution < 1.29 is 37.1 Å². The minimum Gasteiger partial charge on any atom is -0.493 e. The van der Waals surface area contributed by atoms with Gasteiger partial charge in [0.15, 0.2) is 33.5 Å². The molecule has 58 heavy (non-hydrogen) atoms. The molecule has 1 atom stereocenters. The lowest BCUT2D eigenvalue weighted by molar-refractivity contribution is -0.392. The Labute approximate surface area is 334 Å². The van der Waals surface area contributed by atoms with Crippen molar-refractivity contribution in [2.75, 3.05) is 43.4 Å². The predicted molar refractivity (Wildman–Crippen MR) is 217 cm³/mol. The van der Waals surface area contributed by atoms with E-state index in [4.69, 9.17) is 14.2 Å². The molecule has 17 heteroatoms. The van der Waals surface area contributed by atoms with Crippen LogP contribution in [0.3, 0.4) is 0 Å². The van der Waals surface area contributed by atoms with Crippen molar-refractivity contribution >= 4 is 49.9 Å². The molecule has 0 radical (unpaired) electrons. The number of hydrogen-bond acceptors (Lipinski definition) is 13. The van der Waals surface area contributed by atoms with E-state index in [-0.39, 0.29) is 36.5 Å². The number of carbonyl (C=O) groups excluding carboxylic acids is 2.